The number of carbonyl (C=O) groups is 2. The van der Waals surface area contributed by atoms with Gasteiger partial charge in [0.05, 0.1) is 12.2 Å². The van der Waals surface area contributed by atoms with E-state index in [-0.39, 0.29) is 17.3 Å². The van der Waals surface area contributed by atoms with E-state index in [2.05, 4.69) is 31.3 Å². The molecule has 0 aliphatic carbocycles. The third-order valence-electron chi connectivity index (χ3n) is 5.87. The van der Waals surface area contributed by atoms with Gasteiger partial charge in [0.1, 0.15) is 5.75 Å². The highest BCUT2D eigenvalue weighted by atomic mass is 16.5. The Bertz CT molecular complexity index is 1070. The number of nitrogens with one attached hydrogen (secondary N) is 1. The largest absolute Gasteiger partial charge is 0.481 e. The molecule has 3 aromatic rings. The van der Waals surface area contributed by atoms with Gasteiger partial charge in [0.25, 0.3) is 5.91 Å². The van der Waals surface area contributed by atoms with E-state index in [0.29, 0.717) is 23.6 Å². The van der Waals surface area contributed by atoms with Crippen LogP contribution in [0, 0.1) is 0 Å². The minimum atomic E-state index is -0.688. The third kappa shape index (κ3) is 6.47. The second kappa shape index (κ2) is 11.5. The summed E-state index contributed by atoms with van der Waals surface area (Å²) in [5.41, 5.74) is 3.30. The number of carbonyl (C=O) groups excluding carboxylic acids is 2. The van der Waals surface area contributed by atoms with E-state index in [1.165, 1.54) is 5.56 Å². The molecule has 0 aliphatic heterocycles. The Hall–Kier alpha value is -3.60. The molecule has 3 rings (SSSR count). The molecule has 3 aromatic carbocycles. The fourth-order valence-electron chi connectivity index (χ4n) is 3.56. The molecule has 0 saturated carbocycles. The molecule has 0 spiro atoms. The second-order valence-corrected chi connectivity index (χ2v) is 8.83. The summed E-state index contributed by atoms with van der Waals surface area (Å²) in [7, 11) is 0. The number of unbranched alkanes of at least 4 members (excludes halogenated alkanes) is 1. The van der Waals surface area contributed by atoms with Crippen LogP contribution in [-0.4, -0.2) is 24.6 Å². The number of rotatable bonds is 10. The number of esters is 1. The maximum Gasteiger partial charge on any atom is 0.338 e. The van der Waals surface area contributed by atoms with Gasteiger partial charge in [-0.05, 0) is 60.9 Å². The normalized spacial score (nSPS) is 12.0. The Balaban J connectivity index is 1.56. The van der Waals surface area contributed by atoms with Gasteiger partial charge in [0.15, 0.2) is 6.10 Å². The molecule has 0 radical (unpaired) electrons. The Morgan fingerprint density at radius 1 is 0.882 bits per heavy atom. The first-order valence-electron chi connectivity index (χ1n) is 11.7. The van der Waals surface area contributed by atoms with Gasteiger partial charge < -0.3 is 14.8 Å². The van der Waals surface area contributed by atoms with Crippen molar-refractivity contribution in [2.45, 2.75) is 52.1 Å². The molecule has 0 bridgehead atoms. The van der Waals surface area contributed by atoms with Crippen LogP contribution in [0.5, 0.6) is 5.75 Å². The zero-order chi connectivity index (χ0) is 24.6. The fourth-order valence-corrected chi connectivity index (χ4v) is 3.56. The summed E-state index contributed by atoms with van der Waals surface area (Å²) in [6.45, 7) is 8.52. The fraction of sp³-hybridized carbons (Fsp3) is 0.310. The van der Waals surface area contributed by atoms with Crippen molar-refractivity contribution in [1.29, 1.82) is 0 Å². The SMILES string of the molecule is CCCCOC(=O)c1ccc(NC(=O)C(C)Oc2ccc(C(C)(C)c3ccccc3)cc2)cc1. The zero-order valence-electron chi connectivity index (χ0n) is 20.3. The van der Waals surface area contributed by atoms with Crippen molar-refractivity contribution in [3.63, 3.8) is 0 Å². The van der Waals surface area contributed by atoms with Gasteiger partial charge in [-0.1, -0.05) is 69.7 Å². The Labute approximate surface area is 202 Å². The summed E-state index contributed by atoms with van der Waals surface area (Å²) in [6, 6.07) is 24.8. The molecule has 1 unspecified atom stereocenters. The van der Waals surface area contributed by atoms with Gasteiger partial charge in [0, 0.05) is 11.1 Å². The average Bonchev–Trinajstić information content (AvgIpc) is 2.85. The Morgan fingerprint density at radius 3 is 2.12 bits per heavy atom. The first kappa shape index (κ1) is 25.0. The van der Waals surface area contributed by atoms with E-state index >= 15 is 0 Å². The summed E-state index contributed by atoms with van der Waals surface area (Å²) >= 11 is 0. The van der Waals surface area contributed by atoms with Gasteiger partial charge in [-0.25, -0.2) is 4.79 Å². The highest BCUT2D eigenvalue weighted by Crippen LogP contribution is 2.32. The molecule has 34 heavy (non-hydrogen) atoms. The number of hydrogen-bond acceptors (Lipinski definition) is 4. The van der Waals surface area contributed by atoms with Crippen molar-refractivity contribution in [2.75, 3.05) is 11.9 Å². The van der Waals surface area contributed by atoms with Crippen molar-refractivity contribution < 1.29 is 19.1 Å². The zero-order valence-corrected chi connectivity index (χ0v) is 20.3. The molecule has 1 amide bonds. The molecular weight excluding hydrogens is 426 g/mol. The number of amides is 1. The van der Waals surface area contributed by atoms with E-state index in [4.69, 9.17) is 9.47 Å². The predicted molar refractivity (Wildman–Crippen MR) is 135 cm³/mol. The van der Waals surface area contributed by atoms with Gasteiger partial charge in [-0.3, -0.25) is 4.79 Å². The van der Waals surface area contributed by atoms with Crippen LogP contribution in [0.3, 0.4) is 0 Å². The average molecular weight is 460 g/mol. The van der Waals surface area contributed by atoms with Crippen LogP contribution in [0.2, 0.25) is 0 Å². The topological polar surface area (TPSA) is 64.6 Å². The van der Waals surface area contributed by atoms with E-state index in [9.17, 15) is 9.59 Å². The predicted octanol–water partition coefficient (Wildman–Crippen LogP) is 6.38. The molecule has 0 fully saturated rings. The van der Waals surface area contributed by atoms with Crippen molar-refractivity contribution >= 4 is 17.6 Å². The van der Waals surface area contributed by atoms with E-state index in [1.54, 1.807) is 31.2 Å². The molecule has 0 aromatic heterocycles. The molecule has 0 saturated heterocycles. The third-order valence-corrected chi connectivity index (χ3v) is 5.87. The quantitative estimate of drug-likeness (QED) is 0.282. The summed E-state index contributed by atoms with van der Waals surface area (Å²) in [5, 5.41) is 2.82. The van der Waals surface area contributed by atoms with Crippen molar-refractivity contribution in [3.8, 4) is 5.75 Å². The minimum absolute atomic E-state index is 0.142. The van der Waals surface area contributed by atoms with E-state index < -0.39 is 6.10 Å². The Morgan fingerprint density at radius 2 is 1.50 bits per heavy atom. The number of hydrogen-bond donors (Lipinski definition) is 1. The first-order chi connectivity index (χ1) is 16.3. The maximum absolute atomic E-state index is 12.6. The summed E-state index contributed by atoms with van der Waals surface area (Å²) in [4.78, 5) is 24.6. The molecule has 1 atom stereocenters. The van der Waals surface area contributed by atoms with E-state index in [1.807, 2.05) is 49.4 Å². The van der Waals surface area contributed by atoms with Crippen LogP contribution in [0.25, 0.3) is 0 Å². The summed E-state index contributed by atoms with van der Waals surface area (Å²) in [6.07, 6.45) is 1.12. The summed E-state index contributed by atoms with van der Waals surface area (Å²) in [5.74, 6) is -0.00526. The number of anilines is 1. The highest BCUT2D eigenvalue weighted by Gasteiger charge is 2.23. The van der Waals surface area contributed by atoms with Gasteiger partial charge in [-0.2, -0.15) is 0 Å². The molecule has 0 heterocycles. The van der Waals surface area contributed by atoms with Crippen LogP contribution in [0.1, 0.15) is 62.0 Å². The van der Waals surface area contributed by atoms with Crippen molar-refractivity contribution in [3.05, 3.63) is 95.6 Å². The lowest BCUT2D eigenvalue weighted by molar-refractivity contribution is -0.122. The highest BCUT2D eigenvalue weighted by molar-refractivity contribution is 5.95. The second-order valence-electron chi connectivity index (χ2n) is 8.83. The standard InChI is InChI=1S/C29H33NO4/c1-5-6-20-33-28(32)22-12-16-25(17-13-22)30-27(31)21(2)34-26-18-14-24(15-19-26)29(3,4)23-10-8-7-9-11-23/h7-19,21H,5-6,20H2,1-4H3,(H,30,31). The molecule has 0 aliphatic rings. The van der Waals surface area contributed by atoms with Gasteiger partial charge in [0.2, 0.25) is 0 Å². The van der Waals surface area contributed by atoms with Gasteiger partial charge in [-0.15, -0.1) is 0 Å². The van der Waals surface area contributed by atoms with Crippen LogP contribution in [-0.2, 0) is 14.9 Å². The molecule has 5 heteroatoms. The molecule has 1 N–H and O–H groups in total. The molecule has 178 valence electrons. The van der Waals surface area contributed by atoms with Crippen LogP contribution in [0.15, 0.2) is 78.9 Å². The monoisotopic (exact) mass is 459 g/mol. The Kier molecular flexibility index (Phi) is 8.47. The number of ether oxygens (including phenoxy) is 2. The van der Waals surface area contributed by atoms with Crippen LogP contribution in [0.4, 0.5) is 5.69 Å². The number of benzene rings is 3. The van der Waals surface area contributed by atoms with Crippen molar-refractivity contribution in [1.82, 2.24) is 0 Å². The summed E-state index contributed by atoms with van der Waals surface area (Å²) < 4.78 is 11.1. The van der Waals surface area contributed by atoms with E-state index in [0.717, 1.165) is 18.4 Å². The molecular formula is C29H33NO4. The van der Waals surface area contributed by atoms with Gasteiger partial charge >= 0.3 is 5.97 Å². The van der Waals surface area contributed by atoms with Crippen molar-refractivity contribution in [2.24, 2.45) is 0 Å². The smallest absolute Gasteiger partial charge is 0.338 e. The molecule has 5 nitrogen and oxygen atoms in total. The lowest BCUT2D eigenvalue weighted by Gasteiger charge is -2.26. The first-order valence-corrected chi connectivity index (χ1v) is 11.7. The minimum Gasteiger partial charge on any atom is -0.481 e. The lowest BCUT2D eigenvalue weighted by Crippen LogP contribution is -2.30. The van der Waals surface area contributed by atoms with Crippen LogP contribution >= 0.6 is 0 Å². The lowest BCUT2D eigenvalue weighted by atomic mass is 9.78. The van der Waals surface area contributed by atoms with Crippen LogP contribution < -0.4 is 10.1 Å². The maximum atomic E-state index is 12.6.